The first-order valence-corrected chi connectivity index (χ1v) is 10.7. The molecule has 0 aliphatic carbocycles. The molecule has 2 aromatic carbocycles. The molecule has 1 unspecified atom stereocenters. The molecule has 1 heterocycles. The number of thiazole rings is 1. The van der Waals surface area contributed by atoms with Crippen LogP contribution in [0.3, 0.4) is 0 Å². The summed E-state index contributed by atoms with van der Waals surface area (Å²) in [5.41, 5.74) is 5.10. The zero-order chi connectivity index (χ0) is 19.9. The Bertz CT molecular complexity index is 958. The fraction of sp³-hybridized carbons (Fsp3) is 0.190. The van der Waals surface area contributed by atoms with Gasteiger partial charge in [0.15, 0.2) is 0 Å². The van der Waals surface area contributed by atoms with Gasteiger partial charge in [-0.3, -0.25) is 9.59 Å². The number of carbonyl (C=O) groups excluding carboxylic acids is 2. The van der Waals surface area contributed by atoms with E-state index in [0.29, 0.717) is 11.3 Å². The summed E-state index contributed by atoms with van der Waals surface area (Å²) >= 11 is 3.17. The maximum atomic E-state index is 12.9. The van der Waals surface area contributed by atoms with Gasteiger partial charge in [0.05, 0.1) is 22.8 Å². The summed E-state index contributed by atoms with van der Waals surface area (Å²) in [5, 5.41) is 7.83. The molecule has 0 fully saturated rings. The van der Waals surface area contributed by atoms with E-state index in [-0.39, 0.29) is 17.9 Å². The van der Waals surface area contributed by atoms with Crippen LogP contribution in [0.4, 0.5) is 5.69 Å². The van der Waals surface area contributed by atoms with E-state index in [1.165, 1.54) is 6.92 Å². The van der Waals surface area contributed by atoms with Gasteiger partial charge in [-0.2, -0.15) is 0 Å². The Morgan fingerprint density at radius 1 is 1.18 bits per heavy atom. The summed E-state index contributed by atoms with van der Waals surface area (Å²) in [7, 11) is 0. The maximum absolute atomic E-state index is 12.9. The largest absolute Gasteiger partial charge is 0.345 e. The number of nitrogens with zero attached hydrogens (tertiary/aromatic N) is 1. The maximum Gasteiger partial charge on any atom is 0.252 e. The van der Waals surface area contributed by atoms with Crippen LogP contribution in [-0.4, -0.2) is 16.8 Å². The number of thioether (sulfide) groups is 1. The topological polar surface area (TPSA) is 71.1 Å². The van der Waals surface area contributed by atoms with Gasteiger partial charge in [0.25, 0.3) is 5.91 Å². The van der Waals surface area contributed by atoms with E-state index in [4.69, 9.17) is 0 Å². The number of nitrogens with one attached hydrogen (secondary N) is 2. The van der Waals surface area contributed by atoms with Crippen molar-refractivity contribution in [3.8, 4) is 0 Å². The molecule has 0 radical (unpaired) electrons. The lowest BCUT2D eigenvalue weighted by atomic mass is 10.1. The highest BCUT2D eigenvalue weighted by atomic mass is 32.2. The molecule has 7 heteroatoms. The van der Waals surface area contributed by atoms with Gasteiger partial charge in [0, 0.05) is 28.6 Å². The van der Waals surface area contributed by atoms with Crippen LogP contribution in [0.2, 0.25) is 0 Å². The third kappa shape index (κ3) is 5.43. The molecule has 2 N–H and O–H groups in total. The lowest BCUT2D eigenvalue weighted by molar-refractivity contribution is -0.114. The Morgan fingerprint density at radius 3 is 2.75 bits per heavy atom. The second kappa shape index (κ2) is 9.52. The standard InChI is InChI=1S/C21H21N3O2S2/c1-14(16-6-5-7-17(10-16)24-15(2)25)23-21(26)19-8-3-4-9-20(19)28-12-18-11-27-13-22-18/h3-11,13-14H,12H2,1-2H3,(H,23,26)(H,24,25). The Balaban J connectivity index is 1.69. The normalized spacial score (nSPS) is 11.6. The van der Waals surface area contributed by atoms with Crippen molar-refractivity contribution in [3.05, 3.63) is 76.2 Å². The van der Waals surface area contributed by atoms with Crippen LogP contribution in [0.1, 0.15) is 41.5 Å². The van der Waals surface area contributed by atoms with Crippen molar-refractivity contribution in [2.24, 2.45) is 0 Å². The molecular weight excluding hydrogens is 390 g/mol. The number of aromatic nitrogens is 1. The minimum atomic E-state index is -0.196. The summed E-state index contributed by atoms with van der Waals surface area (Å²) in [6, 6.07) is 14.9. The quantitative estimate of drug-likeness (QED) is 0.543. The first kappa shape index (κ1) is 20.1. The zero-order valence-electron chi connectivity index (χ0n) is 15.6. The molecule has 28 heavy (non-hydrogen) atoms. The van der Waals surface area contributed by atoms with E-state index in [1.807, 2.05) is 66.3 Å². The van der Waals surface area contributed by atoms with Crippen LogP contribution in [-0.2, 0) is 10.5 Å². The molecule has 5 nitrogen and oxygen atoms in total. The highest BCUT2D eigenvalue weighted by molar-refractivity contribution is 7.98. The Kier molecular flexibility index (Phi) is 6.84. The van der Waals surface area contributed by atoms with Gasteiger partial charge in [-0.15, -0.1) is 23.1 Å². The van der Waals surface area contributed by atoms with Crippen molar-refractivity contribution in [2.75, 3.05) is 5.32 Å². The van der Waals surface area contributed by atoms with Crippen LogP contribution >= 0.6 is 23.1 Å². The summed E-state index contributed by atoms with van der Waals surface area (Å²) in [6.45, 7) is 3.40. The summed E-state index contributed by atoms with van der Waals surface area (Å²) in [5.74, 6) is 0.473. The predicted octanol–water partition coefficient (Wildman–Crippen LogP) is 4.88. The number of rotatable bonds is 7. The molecule has 1 aromatic heterocycles. The molecule has 0 aliphatic heterocycles. The molecule has 1 atom stereocenters. The smallest absolute Gasteiger partial charge is 0.252 e. The Labute approximate surface area is 172 Å². The predicted molar refractivity (Wildman–Crippen MR) is 115 cm³/mol. The molecule has 3 aromatic rings. The van der Waals surface area contributed by atoms with Crippen molar-refractivity contribution in [1.29, 1.82) is 0 Å². The van der Waals surface area contributed by atoms with E-state index >= 15 is 0 Å². The van der Waals surface area contributed by atoms with Gasteiger partial charge >= 0.3 is 0 Å². The highest BCUT2D eigenvalue weighted by Crippen LogP contribution is 2.27. The first-order valence-electron chi connectivity index (χ1n) is 8.80. The lowest BCUT2D eigenvalue weighted by Gasteiger charge is -2.17. The third-order valence-corrected chi connectivity index (χ3v) is 5.79. The minimum absolute atomic E-state index is 0.125. The van der Waals surface area contributed by atoms with E-state index in [2.05, 4.69) is 15.6 Å². The lowest BCUT2D eigenvalue weighted by Crippen LogP contribution is -2.27. The fourth-order valence-electron chi connectivity index (χ4n) is 2.69. The zero-order valence-corrected chi connectivity index (χ0v) is 17.3. The summed E-state index contributed by atoms with van der Waals surface area (Å²) in [6.07, 6.45) is 0. The SMILES string of the molecule is CC(=O)Nc1cccc(C(C)NC(=O)c2ccccc2SCc2cscn2)c1. The number of hydrogen-bond acceptors (Lipinski definition) is 5. The molecule has 0 aliphatic rings. The molecule has 0 saturated heterocycles. The van der Waals surface area contributed by atoms with Crippen LogP contribution in [0.5, 0.6) is 0 Å². The van der Waals surface area contributed by atoms with Crippen molar-refractivity contribution >= 4 is 40.6 Å². The van der Waals surface area contributed by atoms with Crippen LogP contribution in [0.15, 0.2) is 64.3 Å². The third-order valence-electron chi connectivity index (χ3n) is 4.05. The van der Waals surface area contributed by atoms with Crippen LogP contribution in [0, 0.1) is 0 Å². The van der Waals surface area contributed by atoms with Gasteiger partial charge in [-0.25, -0.2) is 4.98 Å². The van der Waals surface area contributed by atoms with Gasteiger partial charge in [0.1, 0.15) is 0 Å². The summed E-state index contributed by atoms with van der Waals surface area (Å²) in [4.78, 5) is 29.3. The number of carbonyl (C=O) groups is 2. The molecule has 0 saturated carbocycles. The summed E-state index contributed by atoms with van der Waals surface area (Å²) < 4.78 is 0. The Hall–Kier alpha value is -2.64. The minimum Gasteiger partial charge on any atom is -0.345 e. The van der Waals surface area contributed by atoms with Crippen molar-refractivity contribution in [2.45, 2.75) is 30.5 Å². The van der Waals surface area contributed by atoms with Crippen molar-refractivity contribution in [3.63, 3.8) is 0 Å². The highest BCUT2D eigenvalue weighted by Gasteiger charge is 2.15. The van der Waals surface area contributed by atoms with Crippen LogP contribution < -0.4 is 10.6 Å². The van der Waals surface area contributed by atoms with Crippen LogP contribution in [0.25, 0.3) is 0 Å². The number of benzene rings is 2. The number of amides is 2. The van der Waals surface area contributed by atoms with Crippen molar-refractivity contribution in [1.82, 2.24) is 10.3 Å². The van der Waals surface area contributed by atoms with E-state index in [1.54, 1.807) is 23.1 Å². The molecule has 3 rings (SSSR count). The molecule has 0 bridgehead atoms. The monoisotopic (exact) mass is 411 g/mol. The molecule has 0 spiro atoms. The first-order chi connectivity index (χ1) is 13.5. The second-order valence-corrected chi connectivity index (χ2v) is 8.00. The second-order valence-electron chi connectivity index (χ2n) is 6.27. The van der Waals surface area contributed by atoms with Gasteiger partial charge in [0.2, 0.25) is 5.91 Å². The molecular formula is C21H21N3O2S2. The van der Waals surface area contributed by atoms with E-state index in [0.717, 1.165) is 21.9 Å². The van der Waals surface area contributed by atoms with E-state index in [9.17, 15) is 9.59 Å². The van der Waals surface area contributed by atoms with E-state index < -0.39 is 0 Å². The van der Waals surface area contributed by atoms with Gasteiger partial charge in [-0.1, -0.05) is 24.3 Å². The molecule has 2 amide bonds. The molecule has 144 valence electrons. The van der Waals surface area contributed by atoms with Crippen molar-refractivity contribution < 1.29 is 9.59 Å². The average molecular weight is 412 g/mol. The fourth-order valence-corrected chi connectivity index (χ4v) is 4.30. The Morgan fingerprint density at radius 2 is 2.00 bits per heavy atom. The number of anilines is 1. The average Bonchev–Trinajstić information content (AvgIpc) is 3.20. The van der Waals surface area contributed by atoms with Gasteiger partial charge in [-0.05, 0) is 36.8 Å². The van der Waals surface area contributed by atoms with Gasteiger partial charge < -0.3 is 10.6 Å². The number of hydrogen-bond donors (Lipinski definition) is 2.